The van der Waals surface area contributed by atoms with E-state index in [2.05, 4.69) is 17.1 Å². The fourth-order valence-electron chi connectivity index (χ4n) is 2.02. The van der Waals surface area contributed by atoms with E-state index in [4.69, 9.17) is 4.74 Å². The van der Waals surface area contributed by atoms with Crippen molar-refractivity contribution < 1.29 is 9.13 Å². The van der Waals surface area contributed by atoms with Crippen LogP contribution in [0.15, 0.2) is 24.3 Å². The number of nitrogens with one attached hydrogen (secondary N) is 1. The van der Waals surface area contributed by atoms with Crippen LogP contribution in [0, 0.1) is 5.82 Å². The minimum absolute atomic E-state index is 0.142. The van der Waals surface area contributed by atoms with Crippen molar-refractivity contribution >= 4 is 5.69 Å². The molecule has 1 unspecified atom stereocenters. The Morgan fingerprint density at radius 2 is 2.29 bits per heavy atom. The van der Waals surface area contributed by atoms with Crippen LogP contribution in [0.1, 0.15) is 6.92 Å². The fraction of sp³-hybridized carbons (Fsp3) is 0.538. The minimum atomic E-state index is -0.212. The number of anilines is 1. The Morgan fingerprint density at radius 1 is 1.47 bits per heavy atom. The molecule has 3 nitrogen and oxygen atoms in total. The van der Waals surface area contributed by atoms with E-state index in [9.17, 15) is 4.39 Å². The summed E-state index contributed by atoms with van der Waals surface area (Å²) in [5, 5.41) is 3.10. The van der Waals surface area contributed by atoms with Crippen LogP contribution < -0.4 is 5.32 Å². The SMILES string of the molecule is CCN1CCOC(CNc2ccccc2F)C1. The lowest BCUT2D eigenvalue weighted by Gasteiger charge is -2.32. The van der Waals surface area contributed by atoms with Crippen LogP contribution in [0.3, 0.4) is 0 Å². The molecule has 17 heavy (non-hydrogen) atoms. The summed E-state index contributed by atoms with van der Waals surface area (Å²) in [6.45, 7) is 6.51. The van der Waals surface area contributed by atoms with E-state index < -0.39 is 0 Å². The second kappa shape index (κ2) is 5.98. The lowest BCUT2D eigenvalue weighted by atomic mass is 10.2. The third-order valence-electron chi connectivity index (χ3n) is 3.06. The van der Waals surface area contributed by atoms with Crippen LogP contribution in [0.4, 0.5) is 10.1 Å². The molecule has 0 radical (unpaired) electrons. The van der Waals surface area contributed by atoms with Crippen molar-refractivity contribution in [2.75, 3.05) is 38.1 Å². The van der Waals surface area contributed by atoms with Crippen molar-refractivity contribution in [1.82, 2.24) is 4.90 Å². The van der Waals surface area contributed by atoms with E-state index in [-0.39, 0.29) is 11.9 Å². The number of morpholine rings is 1. The average Bonchev–Trinajstić information content (AvgIpc) is 2.38. The molecule has 1 fully saturated rings. The molecule has 1 aromatic rings. The molecule has 1 aliphatic heterocycles. The maximum atomic E-state index is 13.4. The van der Waals surface area contributed by atoms with E-state index >= 15 is 0 Å². The Hall–Kier alpha value is -1.13. The molecule has 4 heteroatoms. The molecule has 0 aromatic heterocycles. The summed E-state index contributed by atoms with van der Waals surface area (Å²) in [5.41, 5.74) is 0.546. The van der Waals surface area contributed by atoms with Crippen LogP contribution in [0.5, 0.6) is 0 Å². The predicted octanol–water partition coefficient (Wildman–Crippen LogP) is 1.96. The van der Waals surface area contributed by atoms with Gasteiger partial charge in [0.1, 0.15) is 5.82 Å². The topological polar surface area (TPSA) is 24.5 Å². The highest BCUT2D eigenvalue weighted by molar-refractivity contribution is 5.44. The van der Waals surface area contributed by atoms with Gasteiger partial charge in [-0.2, -0.15) is 0 Å². The second-order valence-electron chi connectivity index (χ2n) is 4.25. The monoisotopic (exact) mass is 238 g/mol. The van der Waals surface area contributed by atoms with Crippen LogP contribution in [-0.2, 0) is 4.74 Å². The molecule has 2 rings (SSSR count). The summed E-state index contributed by atoms with van der Waals surface area (Å²) >= 11 is 0. The van der Waals surface area contributed by atoms with Gasteiger partial charge in [0.05, 0.1) is 18.4 Å². The highest BCUT2D eigenvalue weighted by Gasteiger charge is 2.19. The van der Waals surface area contributed by atoms with Crippen molar-refractivity contribution in [2.45, 2.75) is 13.0 Å². The third-order valence-corrected chi connectivity index (χ3v) is 3.06. The first-order chi connectivity index (χ1) is 8.29. The quantitative estimate of drug-likeness (QED) is 0.867. The van der Waals surface area contributed by atoms with E-state index in [1.807, 2.05) is 6.07 Å². The molecule has 1 heterocycles. The molecule has 94 valence electrons. The van der Waals surface area contributed by atoms with Gasteiger partial charge in [0.2, 0.25) is 0 Å². The smallest absolute Gasteiger partial charge is 0.146 e. The lowest BCUT2D eigenvalue weighted by molar-refractivity contribution is -0.0192. The van der Waals surface area contributed by atoms with Crippen LogP contribution >= 0.6 is 0 Å². The van der Waals surface area contributed by atoms with Gasteiger partial charge in [0, 0.05) is 19.6 Å². The summed E-state index contributed by atoms with van der Waals surface area (Å²) in [4.78, 5) is 2.34. The van der Waals surface area contributed by atoms with Gasteiger partial charge in [0.15, 0.2) is 0 Å². The summed E-state index contributed by atoms with van der Waals surface area (Å²) in [7, 11) is 0. The van der Waals surface area contributed by atoms with Gasteiger partial charge in [-0.25, -0.2) is 4.39 Å². The maximum absolute atomic E-state index is 13.4. The highest BCUT2D eigenvalue weighted by atomic mass is 19.1. The standard InChI is InChI=1S/C13H19FN2O/c1-2-16-7-8-17-11(10-16)9-15-13-6-4-3-5-12(13)14/h3-6,11,15H,2,7-10H2,1H3. The summed E-state index contributed by atoms with van der Waals surface area (Å²) in [6, 6.07) is 6.72. The Bertz CT molecular complexity index is 359. The van der Waals surface area contributed by atoms with Crippen molar-refractivity contribution in [3.05, 3.63) is 30.1 Å². The minimum Gasteiger partial charge on any atom is -0.380 e. The zero-order valence-electron chi connectivity index (χ0n) is 10.2. The number of likely N-dealkylation sites (N-methyl/N-ethyl adjacent to an activating group) is 1. The molecule has 0 bridgehead atoms. The summed E-state index contributed by atoms with van der Waals surface area (Å²) in [5.74, 6) is -0.212. The van der Waals surface area contributed by atoms with Gasteiger partial charge in [-0.15, -0.1) is 0 Å². The molecular formula is C13H19FN2O. The Labute approximate surface area is 102 Å². The molecule has 0 aliphatic carbocycles. The molecule has 0 amide bonds. The number of ether oxygens (including phenoxy) is 1. The van der Waals surface area contributed by atoms with Gasteiger partial charge in [-0.1, -0.05) is 19.1 Å². The number of para-hydroxylation sites is 1. The molecule has 1 N–H and O–H groups in total. The maximum Gasteiger partial charge on any atom is 0.146 e. The first kappa shape index (κ1) is 12.3. The van der Waals surface area contributed by atoms with Crippen LogP contribution in [-0.4, -0.2) is 43.8 Å². The Balaban J connectivity index is 1.84. The molecule has 1 atom stereocenters. The molecule has 0 spiro atoms. The first-order valence-corrected chi connectivity index (χ1v) is 6.12. The highest BCUT2D eigenvalue weighted by Crippen LogP contribution is 2.13. The van der Waals surface area contributed by atoms with Crippen LogP contribution in [0.2, 0.25) is 0 Å². The Morgan fingerprint density at radius 3 is 3.06 bits per heavy atom. The largest absolute Gasteiger partial charge is 0.380 e. The van der Waals surface area contributed by atoms with Crippen molar-refractivity contribution in [3.63, 3.8) is 0 Å². The third kappa shape index (κ3) is 3.41. The van der Waals surface area contributed by atoms with Gasteiger partial charge in [-0.05, 0) is 18.7 Å². The lowest BCUT2D eigenvalue weighted by Crippen LogP contribution is -2.45. The predicted molar refractivity (Wildman–Crippen MR) is 66.7 cm³/mol. The zero-order chi connectivity index (χ0) is 12.1. The summed E-state index contributed by atoms with van der Waals surface area (Å²) in [6.07, 6.45) is 0.142. The number of hydrogen-bond donors (Lipinski definition) is 1. The number of halogens is 1. The molecule has 1 aromatic carbocycles. The van der Waals surface area contributed by atoms with Crippen molar-refractivity contribution in [2.24, 2.45) is 0 Å². The number of benzene rings is 1. The van der Waals surface area contributed by atoms with E-state index in [0.29, 0.717) is 12.2 Å². The normalized spacial score (nSPS) is 21.4. The zero-order valence-corrected chi connectivity index (χ0v) is 10.2. The summed E-state index contributed by atoms with van der Waals surface area (Å²) < 4.78 is 19.0. The van der Waals surface area contributed by atoms with Gasteiger partial charge < -0.3 is 10.1 Å². The van der Waals surface area contributed by atoms with E-state index in [1.165, 1.54) is 6.07 Å². The molecule has 0 saturated carbocycles. The molecular weight excluding hydrogens is 219 g/mol. The van der Waals surface area contributed by atoms with Gasteiger partial charge in [-0.3, -0.25) is 4.90 Å². The first-order valence-electron chi connectivity index (χ1n) is 6.12. The van der Waals surface area contributed by atoms with E-state index in [1.54, 1.807) is 12.1 Å². The van der Waals surface area contributed by atoms with Crippen molar-refractivity contribution in [1.29, 1.82) is 0 Å². The second-order valence-corrected chi connectivity index (χ2v) is 4.25. The number of rotatable bonds is 4. The van der Waals surface area contributed by atoms with Crippen LogP contribution in [0.25, 0.3) is 0 Å². The molecule has 1 saturated heterocycles. The average molecular weight is 238 g/mol. The van der Waals surface area contributed by atoms with E-state index in [0.717, 1.165) is 26.2 Å². The van der Waals surface area contributed by atoms with Crippen molar-refractivity contribution in [3.8, 4) is 0 Å². The van der Waals surface area contributed by atoms with Gasteiger partial charge >= 0.3 is 0 Å². The number of nitrogens with zero attached hydrogens (tertiary/aromatic N) is 1. The number of hydrogen-bond acceptors (Lipinski definition) is 3. The fourth-order valence-corrected chi connectivity index (χ4v) is 2.02. The Kier molecular flexibility index (Phi) is 4.34. The molecule has 1 aliphatic rings. The van der Waals surface area contributed by atoms with Gasteiger partial charge in [0.25, 0.3) is 0 Å².